The molecule has 3 fully saturated rings. The fraction of sp³-hybridized carbons (Fsp3) is 0.500. The number of ketones is 2. The Morgan fingerprint density at radius 2 is 1.94 bits per heavy atom. The molecule has 172 valence electrons. The normalized spacial score (nSPS) is 21.1. The molecule has 0 radical (unpaired) electrons. The summed E-state index contributed by atoms with van der Waals surface area (Å²) in [6.07, 6.45) is 10.5. The number of hydrogen-bond donors (Lipinski definition) is 1. The van der Waals surface area contributed by atoms with Crippen molar-refractivity contribution in [2.45, 2.75) is 80.3 Å². The number of anilines is 1. The Bertz CT molecular complexity index is 1080. The minimum atomic E-state index is -0.354. The maximum atomic E-state index is 13.4. The van der Waals surface area contributed by atoms with Crippen LogP contribution < -0.4 is 5.32 Å². The van der Waals surface area contributed by atoms with Crippen molar-refractivity contribution in [1.29, 1.82) is 0 Å². The lowest BCUT2D eigenvalue weighted by Crippen LogP contribution is -2.24. The van der Waals surface area contributed by atoms with Crippen molar-refractivity contribution < 1.29 is 14.4 Å². The number of amides is 1. The number of thioether (sulfide) groups is 1. The first-order valence-corrected chi connectivity index (χ1v) is 12.8. The van der Waals surface area contributed by atoms with Gasteiger partial charge in [-0.2, -0.15) is 0 Å². The Labute approximate surface area is 198 Å². The number of nitrogens with one attached hydrogen (secondary N) is 1. The third-order valence-electron chi connectivity index (χ3n) is 6.77. The van der Waals surface area contributed by atoms with Gasteiger partial charge in [0.15, 0.2) is 11.6 Å². The molecule has 0 spiro atoms. The summed E-state index contributed by atoms with van der Waals surface area (Å²) in [5.74, 6) is 0.801. The number of rotatable bonds is 9. The minimum Gasteiger partial charge on any atom is -0.309 e. The zero-order valence-electron chi connectivity index (χ0n) is 18.9. The van der Waals surface area contributed by atoms with Crippen molar-refractivity contribution in [3.63, 3.8) is 0 Å². The van der Waals surface area contributed by atoms with Gasteiger partial charge in [0.25, 0.3) is 0 Å². The first kappa shape index (κ1) is 22.3. The summed E-state index contributed by atoms with van der Waals surface area (Å²) in [6.45, 7) is 1.43. The standard InChI is InChI=1S/C26H29N3O3S/c1-15(30)23-13-28-25(14-27-23)29-26(32)22(11-16-2-6-19(31)10-16)18-5-9-24(33-20-7-8-20)21(12-18)17-3-4-17/h5,9,12-14,16-17,20,22H,2-4,6-8,10-11H2,1H3,(H,28,29,32)/t16-,22+/m0/s1. The van der Waals surface area contributed by atoms with E-state index in [1.165, 1.54) is 55.5 Å². The Balaban J connectivity index is 1.40. The fourth-order valence-corrected chi connectivity index (χ4v) is 5.82. The van der Waals surface area contributed by atoms with Crippen molar-refractivity contribution in [3.8, 4) is 0 Å². The largest absolute Gasteiger partial charge is 0.309 e. The van der Waals surface area contributed by atoms with E-state index in [9.17, 15) is 14.4 Å². The topological polar surface area (TPSA) is 89.0 Å². The number of hydrogen-bond acceptors (Lipinski definition) is 6. The molecule has 3 aliphatic rings. The van der Waals surface area contributed by atoms with Crippen LogP contribution in [0.2, 0.25) is 0 Å². The van der Waals surface area contributed by atoms with Crippen LogP contribution >= 0.6 is 11.8 Å². The molecule has 0 bridgehead atoms. The molecule has 2 aromatic rings. The molecule has 3 saturated carbocycles. The second-order valence-corrected chi connectivity index (χ2v) is 11.0. The summed E-state index contributed by atoms with van der Waals surface area (Å²) >= 11 is 1.98. The van der Waals surface area contributed by atoms with Crippen LogP contribution in [0.25, 0.3) is 0 Å². The Morgan fingerprint density at radius 3 is 2.55 bits per heavy atom. The molecule has 7 heteroatoms. The summed E-state index contributed by atoms with van der Waals surface area (Å²) in [5, 5.41) is 3.64. The highest BCUT2D eigenvalue weighted by molar-refractivity contribution is 8.00. The fourth-order valence-electron chi connectivity index (χ4n) is 4.58. The number of benzene rings is 1. The van der Waals surface area contributed by atoms with Gasteiger partial charge in [0.05, 0.1) is 18.3 Å². The van der Waals surface area contributed by atoms with E-state index in [4.69, 9.17) is 0 Å². The van der Waals surface area contributed by atoms with E-state index in [2.05, 4.69) is 33.5 Å². The lowest BCUT2D eigenvalue weighted by atomic mass is 9.86. The van der Waals surface area contributed by atoms with E-state index in [1.807, 2.05) is 11.8 Å². The van der Waals surface area contributed by atoms with Gasteiger partial charge in [0, 0.05) is 29.9 Å². The van der Waals surface area contributed by atoms with Crippen molar-refractivity contribution in [2.75, 3.05) is 5.32 Å². The van der Waals surface area contributed by atoms with Crippen LogP contribution in [0.1, 0.15) is 91.7 Å². The molecule has 0 saturated heterocycles. The average Bonchev–Trinajstić information content (AvgIpc) is 3.73. The molecule has 0 aliphatic heterocycles. The van der Waals surface area contributed by atoms with Crippen LogP contribution in [0.4, 0.5) is 5.82 Å². The summed E-state index contributed by atoms with van der Waals surface area (Å²) in [6, 6.07) is 6.55. The second-order valence-electron chi connectivity index (χ2n) is 9.66. The third-order valence-corrected chi connectivity index (χ3v) is 8.20. The highest BCUT2D eigenvalue weighted by atomic mass is 32.2. The lowest BCUT2D eigenvalue weighted by molar-refractivity contribution is -0.119. The van der Waals surface area contributed by atoms with Gasteiger partial charge in [0.2, 0.25) is 5.91 Å². The molecular formula is C26H29N3O3S. The Kier molecular flexibility index (Phi) is 6.32. The number of nitrogens with zero attached hydrogens (tertiary/aromatic N) is 2. The van der Waals surface area contributed by atoms with Crippen LogP contribution in [0, 0.1) is 5.92 Å². The average molecular weight is 464 g/mol. The van der Waals surface area contributed by atoms with Gasteiger partial charge >= 0.3 is 0 Å². The quantitative estimate of drug-likeness (QED) is 0.508. The maximum absolute atomic E-state index is 13.4. The summed E-state index contributed by atoms with van der Waals surface area (Å²) < 4.78 is 0. The Hall–Kier alpha value is -2.54. The molecule has 1 aromatic heterocycles. The number of aromatic nitrogens is 2. The smallest absolute Gasteiger partial charge is 0.233 e. The molecule has 0 unspecified atom stereocenters. The SMILES string of the molecule is CC(=O)c1cnc(NC(=O)[C@H](C[C@H]2CCC(=O)C2)c2ccc(SC3CC3)c(C3CC3)c2)cn1. The van der Waals surface area contributed by atoms with Crippen molar-refractivity contribution in [3.05, 3.63) is 47.4 Å². The van der Waals surface area contributed by atoms with E-state index in [1.54, 1.807) is 0 Å². The number of carbonyl (C=O) groups excluding carboxylic acids is 3. The summed E-state index contributed by atoms with van der Waals surface area (Å²) in [7, 11) is 0. The van der Waals surface area contributed by atoms with E-state index in [0.29, 0.717) is 36.8 Å². The monoisotopic (exact) mass is 463 g/mol. The van der Waals surface area contributed by atoms with Gasteiger partial charge in [-0.15, -0.1) is 11.8 Å². The highest BCUT2D eigenvalue weighted by Crippen LogP contribution is 2.49. The lowest BCUT2D eigenvalue weighted by Gasteiger charge is -2.22. The van der Waals surface area contributed by atoms with Crippen LogP contribution in [0.15, 0.2) is 35.5 Å². The van der Waals surface area contributed by atoms with Crippen molar-refractivity contribution in [1.82, 2.24) is 9.97 Å². The van der Waals surface area contributed by atoms with E-state index >= 15 is 0 Å². The van der Waals surface area contributed by atoms with Crippen molar-refractivity contribution >= 4 is 35.1 Å². The first-order chi connectivity index (χ1) is 16.0. The molecule has 5 rings (SSSR count). The van der Waals surface area contributed by atoms with Crippen LogP contribution in [0.3, 0.4) is 0 Å². The molecular weight excluding hydrogens is 434 g/mol. The van der Waals surface area contributed by atoms with Gasteiger partial charge in [-0.1, -0.05) is 12.1 Å². The predicted molar refractivity (Wildman–Crippen MR) is 128 cm³/mol. The molecule has 3 aliphatic carbocycles. The maximum Gasteiger partial charge on any atom is 0.233 e. The molecule has 33 heavy (non-hydrogen) atoms. The van der Waals surface area contributed by atoms with Crippen LogP contribution in [-0.2, 0) is 9.59 Å². The van der Waals surface area contributed by atoms with Gasteiger partial charge in [0.1, 0.15) is 11.5 Å². The molecule has 1 heterocycles. The molecule has 1 aromatic carbocycles. The molecule has 6 nitrogen and oxygen atoms in total. The Morgan fingerprint density at radius 1 is 1.12 bits per heavy atom. The van der Waals surface area contributed by atoms with Gasteiger partial charge < -0.3 is 5.32 Å². The van der Waals surface area contributed by atoms with Crippen molar-refractivity contribution in [2.24, 2.45) is 5.92 Å². The van der Waals surface area contributed by atoms with Crippen LogP contribution in [-0.4, -0.2) is 32.7 Å². The second kappa shape index (κ2) is 9.37. The summed E-state index contributed by atoms with van der Waals surface area (Å²) in [5.41, 5.74) is 2.67. The van der Waals surface area contributed by atoms with Gasteiger partial charge in [-0.05, 0) is 67.6 Å². The molecule has 1 amide bonds. The first-order valence-electron chi connectivity index (χ1n) is 11.9. The van der Waals surface area contributed by atoms with E-state index in [0.717, 1.165) is 17.2 Å². The predicted octanol–water partition coefficient (Wildman–Crippen LogP) is 5.29. The van der Waals surface area contributed by atoms with Gasteiger partial charge in [-0.25, -0.2) is 9.97 Å². The van der Waals surface area contributed by atoms with E-state index in [-0.39, 0.29) is 29.2 Å². The van der Waals surface area contributed by atoms with Gasteiger partial charge in [-0.3, -0.25) is 14.4 Å². The highest BCUT2D eigenvalue weighted by Gasteiger charge is 2.33. The van der Waals surface area contributed by atoms with E-state index < -0.39 is 0 Å². The summed E-state index contributed by atoms with van der Waals surface area (Å²) in [4.78, 5) is 46.4. The number of carbonyl (C=O) groups is 3. The number of Topliss-reactive ketones (excluding diaryl/α,β-unsaturated/α-hetero) is 2. The minimum absolute atomic E-state index is 0.136. The molecule has 1 N–H and O–H groups in total. The van der Waals surface area contributed by atoms with Crippen LogP contribution in [0.5, 0.6) is 0 Å². The third kappa shape index (κ3) is 5.52. The zero-order valence-corrected chi connectivity index (χ0v) is 19.7. The molecule has 2 atom stereocenters. The zero-order chi connectivity index (χ0) is 22.9.